The number of phenolic OH excluding ortho intramolecular Hbond substituents is 1. The van der Waals surface area contributed by atoms with Gasteiger partial charge < -0.3 is 20.6 Å². The molecular formula is C25H30N8O2. The Bertz CT molecular complexity index is 1380. The normalized spacial score (nSPS) is 13.5. The van der Waals surface area contributed by atoms with E-state index in [0.717, 1.165) is 53.6 Å². The maximum atomic E-state index is 12.4. The smallest absolute Gasteiger partial charge is 0.244 e. The molecule has 0 saturated carbocycles. The number of fused-ring (bicyclic) bond motifs is 1. The Morgan fingerprint density at radius 3 is 2.66 bits per heavy atom. The molecule has 0 atom stereocenters. The van der Waals surface area contributed by atoms with Gasteiger partial charge in [0, 0.05) is 55.4 Å². The second kappa shape index (κ2) is 9.28. The number of nitrogens with one attached hydrogen (secondary N) is 2. The number of pyridine rings is 1. The molecule has 1 aliphatic heterocycles. The largest absolute Gasteiger partial charge is 0.508 e. The summed E-state index contributed by atoms with van der Waals surface area (Å²) in [5, 5.41) is 26.9. The molecule has 4 heterocycles. The lowest BCUT2D eigenvalue weighted by Gasteiger charge is -2.14. The van der Waals surface area contributed by atoms with Crippen LogP contribution in [-0.2, 0) is 17.9 Å². The van der Waals surface area contributed by atoms with Crippen LogP contribution in [0.25, 0.3) is 10.9 Å². The Morgan fingerprint density at radius 2 is 1.89 bits per heavy atom. The van der Waals surface area contributed by atoms with Crippen LogP contribution in [0, 0.1) is 13.8 Å². The summed E-state index contributed by atoms with van der Waals surface area (Å²) in [6.07, 6.45) is 5.72. The number of hydrogen-bond acceptors (Lipinski definition) is 7. The van der Waals surface area contributed by atoms with E-state index in [0.29, 0.717) is 24.0 Å². The molecule has 1 saturated heterocycles. The van der Waals surface area contributed by atoms with E-state index in [9.17, 15) is 9.90 Å². The van der Waals surface area contributed by atoms with E-state index in [1.54, 1.807) is 23.1 Å². The number of benzene rings is 1. The van der Waals surface area contributed by atoms with Crippen LogP contribution in [-0.4, -0.2) is 53.5 Å². The van der Waals surface area contributed by atoms with Gasteiger partial charge in [-0.15, -0.1) is 0 Å². The van der Waals surface area contributed by atoms with Crippen LogP contribution in [0.3, 0.4) is 0 Å². The first kappa shape index (κ1) is 22.7. The number of hydrogen-bond donors (Lipinski definition) is 3. The van der Waals surface area contributed by atoms with Gasteiger partial charge in [0.15, 0.2) is 11.6 Å². The van der Waals surface area contributed by atoms with Gasteiger partial charge in [0.1, 0.15) is 18.1 Å². The molecule has 1 fully saturated rings. The lowest BCUT2D eigenvalue weighted by molar-refractivity contribution is -0.130. The summed E-state index contributed by atoms with van der Waals surface area (Å²) in [5.41, 5.74) is 3.55. The van der Waals surface area contributed by atoms with Gasteiger partial charge in [-0.3, -0.25) is 14.2 Å². The molecule has 1 aromatic carbocycles. The molecule has 3 N–H and O–H groups in total. The van der Waals surface area contributed by atoms with Gasteiger partial charge in [0.25, 0.3) is 0 Å². The summed E-state index contributed by atoms with van der Waals surface area (Å²) in [4.78, 5) is 18.9. The van der Waals surface area contributed by atoms with Crippen LogP contribution in [0.4, 0.5) is 23.1 Å². The third kappa shape index (κ3) is 4.51. The van der Waals surface area contributed by atoms with E-state index >= 15 is 0 Å². The van der Waals surface area contributed by atoms with Crippen molar-refractivity contribution < 1.29 is 9.90 Å². The van der Waals surface area contributed by atoms with Gasteiger partial charge in [0.2, 0.25) is 5.91 Å². The minimum atomic E-state index is 0.0979. The maximum Gasteiger partial charge on any atom is 0.244 e. The molecule has 0 aliphatic carbocycles. The number of carbonyl (C=O) groups is 1. The Labute approximate surface area is 203 Å². The van der Waals surface area contributed by atoms with Crippen molar-refractivity contribution in [2.45, 2.75) is 46.7 Å². The van der Waals surface area contributed by atoms with Crippen molar-refractivity contribution in [3.8, 4) is 5.75 Å². The molecule has 35 heavy (non-hydrogen) atoms. The van der Waals surface area contributed by atoms with Crippen LogP contribution in [0.2, 0.25) is 0 Å². The van der Waals surface area contributed by atoms with Crippen LogP contribution >= 0.6 is 0 Å². The molecule has 1 aliphatic rings. The lowest BCUT2D eigenvalue weighted by Crippen LogP contribution is -2.31. The Hall–Kier alpha value is -4.08. The number of anilines is 4. The highest BCUT2D eigenvalue weighted by molar-refractivity contribution is 5.93. The van der Waals surface area contributed by atoms with Crippen molar-refractivity contribution in [3.05, 3.63) is 47.8 Å². The standard InChI is InChI=1S/C25H30N8O2/c1-4-33-19-13-22(27-21-9-12-32(29-21)15-23(35)31-10-5-6-11-31)26-14-18(19)25(30-33)28-24-16(2)7-8-20(34)17(24)3/h7-9,12-14,34H,4-6,10-11,15H2,1-3H3,(H,28,30)(H,26,27,29). The highest BCUT2D eigenvalue weighted by atomic mass is 16.3. The molecule has 1 amide bonds. The fraction of sp³-hybridized carbons (Fsp3) is 0.360. The first-order valence-electron chi connectivity index (χ1n) is 11.9. The summed E-state index contributed by atoms with van der Waals surface area (Å²) in [7, 11) is 0. The zero-order valence-corrected chi connectivity index (χ0v) is 20.2. The second-order valence-corrected chi connectivity index (χ2v) is 8.89. The Balaban J connectivity index is 1.36. The molecule has 10 heteroatoms. The van der Waals surface area contributed by atoms with Crippen molar-refractivity contribution in [2.75, 3.05) is 23.7 Å². The number of likely N-dealkylation sites (tertiary alicyclic amines) is 1. The Morgan fingerprint density at radius 1 is 1.09 bits per heavy atom. The van der Waals surface area contributed by atoms with E-state index in [1.165, 1.54) is 0 Å². The number of aromatic nitrogens is 5. The molecule has 3 aromatic heterocycles. The molecule has 0 bridgehead atoms. The lowest BCUT2D eigenvalue weighted by atomic mass is 10.1. The monoisotopic (exact) mass is 474 g/mol. The Kier molecular flexibility index (Phi) is 6.02. The van der Waals surface area contributed by atoms with Crippen molar-refractivity contribution in [3.63, 3.8) is 0 Å². The maximum absolute atomic E-state index is 12.4. The number of amides is 1. The summed E-state index contributed by atoms with van der Waals surface area (Å²) >= 11 is 0. The average molecular weight is 475 g/mol. The van der Waals surface area contributed by atoms with Crippen LogP contribution in [0.5, 0.6) is 5.75 Å². The summed E-state index contributed by atoms with van der Waals surface area (Å²) in [5.74, 6) is 2.28. The second-order valence-electron chi connectivity index (χ2n) is 8.89. The van der Waals surface area contributed by atoms with Crippen molar-refractivity contribution >= 4 is 40.0 Å². The quantitative estimate of drug-likeness (QED) is 0.370. The third-order valence-electron chi connectivity index (χ3n) is 6.48. The van der Waals surface area contributed by atoms with E-state index in [4.69, 9.17) is 5.10 Å². The highest BCUT2D eigenvalue weighted by Gasteiger charge is 2.19. The predicted molar refractivity (Wildman–Crippen MR) is 135 cm³/mol. The molecule has 182 valence electrons. The number of phenols is 1. The van der Waals surface area contributed by atoms with Gasteiger partial charge >= 0.3 is 0 Å². The van der Waals surface area contributed by atoms with Gasteiger partial charge in [-0.2, -0.15) is 10.2 Å². The topological polar surface area (TPSA) is 113 Å². The third-order valence-corrected chi connectivity index (χ3v) is 6.48. The first-order valence-corrected chi connectivity index (χ1v) is 11.9. The number of aryl methyl sites for hydroxylation is 2. The molecule has 5 rings (SSSR count). The number of carbonyl (C=O) groups excluding carboxylic acids is 1. The molecule has 0 unspecified atom stereocenters. The number of aromatic hydroxyl groups is 1. The van der Waals surface area contributed by atoms with Crippen molar-refractivity contribution in [1.82, 2.24) is 29.4 Å². The summed E-state index contributed by atoms with van der Waals surface area (Å²) < 4.78 is 3.56. The van der Waals surface area contributed by atoms with E-state index < -0.39 is 0 Å². The van der Waals surface area contributed by atoms with Gasteiger partial charge in [0.05, 0.1) is 10.9 Å². The SMILES string of the molecule is CCn1nc(Nc2c(C)ccc(O)c2C)c2cnc(Nc3ccn(CC(=O)N4CCCC4)n3)cc21. The van der Waals surface area contributed by atoms with E-state index in [1.807, 2.05) is 48.6 Å². The van der Waals surface area contributed by atoms with Crippen LogP contribution in [0.15, 0.2) is 36.7 Å². The van der Waals surface area contributed by atoms with Gasteiger partial charge in [-0.05, 0) is 45.2 Å². The molecule has 0 spiro atoms. The predicted octanol–water partition coefficient (Wildman–Crippen LogP) is 4.08. The van der Waals surface area contributed by atoms with Crippen molar-refractivity contribution in [1.29, 1.82) is 0 Å². The molecule has 4 aromatic rings. The highest BCUT2D eigenvalue weighted by Crippen LogP contribution is 2.33. The van der Waals surface area contributed by atoms with Crippen molar-refractivity contribution in [2.24, 2.45) is 0 Å². The van der Waals surface area contributed by atoms with Crippen LogP contribution < -0.4 is 10.6 Å². The fourth-order valence-electron chi connectivity index (χ4n) is 4.47. The zero-order valence-electron chi connectivity index (χ0n) is 20.2. The minimum Gasteiger partial charge on any atom is -0.508 e. The summed E-state index contributed by atoms with van der Waals surface area (Å²) in [6.45, 7) is 8.50. The summed E-state index contributed by atoms with van der Waals surface area (Å²) in [6, 6.07) is 7.35. The first-order chi connectivity index (χ1) is 16.9. The molecular weight excluding hydrogens is 444 g/mol. The number of nitrogens with zero attached hydrogens (tertiary/aromatic N) is 6. The van der Waals surface area contributed by atoms with Gasteiger partial charge in [-0.1, -0.05) is 6.07 Å². The molecule has 0 radical (unpaired) electrons. The fourth-order valence-corrected chi connectivity index (χ4v) is 4.47. The van der Waals surface area contributed by atoms with Gasteiger partial charge in [-0.25, -0.2) is 4.98 Å². The van der Waals surface area contributed by atoms with E-state index in [-0.39, 0.29) is 18.2 Å². The minimum absolute atomic E-state index is 0.0979. The molecule has 10 nitrogen and oxygen atoms in total. The average Bonchev–Trinajstić information content (AvgIpc) is 3.60. The number of rotatable bonds is 7. The van der Waals surface area contributed by atoms with Crippen LogP contribution in [0.1, 0.15) is 30.9 Å². The zero-order chi connectivity index (χ0) is 24.5. The van der Waals surface area contributed by atoms with E-state index in [2.05, 4.69) is 20.7 Å².